The number of amides is 2. The van der Waals surface area contributed by atoms with Crippen molar-refractivity contribution in [1.29, 1.82) is 0 Å². The van der Waals surface area contributed by atoms with E-state index in [1.165, 1.54) is 11.3 Å². The average Bonchev–Trinajstić information content (AvgIpc) is 3.06. The lowest BCUT2D eigenvalue weighted by Gasteiger charge is -2.34. The molecule has 0 aliphatic carbocycles. The molecular formula is C18H21N3O2S. The first-order valence-electron chi connectivity index (χ1n) is 8.26. The third-order valence-corrected chi connectivity index (χ3v) is 5.01. The fourth-order valence-electron chi connectivity index (χ4n) is 2.88. The van der Waals surface area contributed by atoms with Crippen LogP contribution in [0.1, 0.15) is 34.4 Å². The maximum Gasteiger partial charge on any atom is 0.274 e. The van der Waals surface area contributed by atoms with Gasteiger partial charge in [-0.1, -0.05) is 37.3 Å². The van der Waals surface area contributed by atoms with E-state index in [0.717, 1.165) is 23.4 Å². The van der Waals surface area contributed by atoms with Crippen LogP contribution in [0.25, 0.3) is 0 Å². The van der Waals surface area contributed by atoms with Crippen molar-refractivity contribution in [2.24, 2.45) is 0 Å². The van der Waals surface area contributed by atoms with Crippen LogP contribution >= 0.6 is 11.3 Å². The van der Waals surface area contributed by atoms with E-state index in [4.69, 9.17) is 0 Å². The second-order valence-electron chi connectivity index (χ2n) is 5.87. The van der Waals surface area contributed by atoms with E-state index >= 15 is 0 Å². The zero-order valence-electron chi connectivity index (χ0n) is 13.7. The van der Waals surface area contributed by atoms with Crippen LogP contribution in [0.2, 0.25) is 0 Å². The second-order valence-corrected chi connectivity index (χ2v) is 6.81. The highest BCUT2D eigenvalue weighted by atomic mass is 32.1. The number of thiazole rings is 1. The normalized spacial score (nSPS) is 17.6. The van der Waals surface area contributed by atoms with E-state index in [-0.39, 0.29) is 11.8 Å². The summed E-state index contributed by atoms with van der Waals surface area (Å²) in [6, 6.07) is 9.31. The molecule has 0 unspecified atom stereocenters. The molecule has 1 aliphatic rings. The largest absolute Gasteiger partial charge is 0.353 e. The minimum Gasteiger partial charge on any atom is -0.353 e. The number of carbonyl (C=O) groups excluding carboxylic acids is 2. The highest BCUT2D eigenvalue weighted by molar-refractivity contribution is 7.09. The van der Waals surface area contributed by atoms with Crippen LogP contribution in [0.3, 0.4) is 0 Å². The van der Waals surface area contributed by atoms with E-state index in [1.807, 2.05) is 30.3 Å². The first-order chi connectivity index (χ1) is 11.7. The van der Waals surface area contributed by atoms with Crippen molar-refractivity contribution in [1.82, 2.24) is 15.2 Å². The van der Waals surface area contributed by atoms with Gasteiger partial charge in [0, 0.05) is 24.9 Å². The number of rotatable bonds is 5. The Morgan fingerprint density at radius 2 is 2.17 bits per heavy atom. The van der Waals surface area contributed by atoms with Gasteiger partial charge in [0.2, 0.25) is 5.91 Å². The van der Waals surface area contributed by atoms with Gasteiger partial charge in [-0.05, 0) is 18.4 Å². The predicted octanol–water partition coefficient (Wildman–Crippen LogP) is 2.28. The highest BCUT2D eigenvalue weighted by Gasteiger charge is 2.34. The van der Waals surface area contributed by atoms with Crippen LogP contribution in [0.4, 0.5) is 0 Å². The molecule has 0 saturated carbocycles. The molecule has 3 rings (SSSR count). The van der Waals surface area contributed by atoms with Crippen LogP contribution in [-0.4, -0.2) is 40.8 Å². The Kier molecular flexibility index (Phi) is 5.25. The van der Waals surface area contributed by atoms with E-state index in [1.54, 1.807) is 10.3 Å². The van der Waals surface area contributed by atoms with Gasteiger partial charge in [0.15, 0.2) is 0 Å². The van der Waals surface area contributed by atoms with Gasteiger partial charge in [-0.2, -0.15) is 0 Å². The van der Waals surface area contributed by atoms with Crippen molar-refractivity contribution >= 4 is 23.2 Å². The Hall–Kier alpha value is -2.21. The second kappa shape index (κ2) is 7.57. The van der Waals surface area contributed by atoms with Crippen LogP contribution < -0.4 is 5.32 Å². The van der Waals surface area contributed by atoms with Crippen molar-refractivity contribution in [2.75, 3.05) is 13.1 Å². The van der Waals surface area contributed by atoms with E-state index in [9.17, 15) is 9.59 Å². The Morgan fingerprint density at radius 1 is 1.38 bits per heavy atom. The minimum atomic E-state index is -0.482. The fraction of sp³-hybridized carbons (Fsp3) is 0.389. The molecular weight excluding hydrogens is 322 g/mol. The molecule has 126 valence electrons. The Labute approximate surface area is 145 Å². The Morgan fingerprint density at radius 3 is 2.92 bits per heavy atom. The number of nitrogens with zero attached hydrogens (tertiary/aromatic N) is 2. The summed E-state index contributed by atoms with van der Waals surface area (Å²) in [5.74, 6) is -0.244. The van der Waals surface area contributed by atoms with Gasteiger partial charge in [-0.25, -0.2) is 4.98 Å². The number of carbonyl (C=O) groups is 2. The average molecular weight is 343 g/mol. The van der Waals surface area contributed by atoms with Gasteiger partial charge in [-0.3, -0.25) is 9.59 Å². The zero-order chi connectivity index (χ0) is 16.9. The van der Waals surface area contributed by atoms with E-state index in [2.05, 4.69) is 17.2 Å². The Bertz CT molecular complexity index is 714. The molecule has 1 fully saturated rings. The standard InChI is InChI=1S/C18H21N3O2S/c1-2-6-16-20-14(12-24-16)18(23)21-10-9-19-17(22)15(21)11-13-7-4-3-5-8-13/h3-5,7-8,12,15H,2,6,9-11H2,1H3,(H,19,22)/t15-/m0/s1. The van der Waals surface area contributed by atoms with E-state index < -0.39 is 6.04 Å². The quantitative estimate of drug-likeness (QED) is 0.906. The van der Waals surface area contributed by atoms with Gasteiger partial charge < -0.3 is 10.2 Å². The van der Waals surface area contributed by atoms with Crippen LogP contribution in [0.15, 0.2) is 35.7 Å². The lowest BCUT2D eigenvalue weighted by molar-refractivity contribution is -0.127. The maximum atomic E-state index is 12.9. The number of hydrogen-bond donors (Lipinski definition) is 1. The van der Waals surface area contributed by atoms with Crippen LogP contribution in [-0.2, 0) is 17.6 Å². The van der Waals surface area contributed by atoms with Gasteiger partial charge in [-0.15, -0.1) is 11.3 Å². The molecule has 0 bridgehead atoms. The summed E-state index contributed by atoms with van der Waals surface area (Å²) in [6.45, 7) is 3.10. The van der Waals surface area contributed by atoms with Gasteiger partial charge >= 0.3 is 0 Å². The molecule has 2 amide bonds. The number of aryl methyl sites for hydroxylation is 1. The smallest absolute Gasteiger partial charge is 0.274 e. The maximum absolute atomic E-state index is 12.9. The molecule has 2 aromatic rings. The van der Waals surface area contributed by atoms with Crippen molar-refractivity contribution in [3.8, 4) is 0 Å². The summed E-state index contributed by atoms with van der Waals surface area (Å²) >= 11 is 1.51. The number of benzene rings is 1. The number of hydrogen-bond acceptors (Lipinski definition) is 4. The molecule has 1 atom stereocenters. The third-order valence-electron chi connectivity index (χ3n) is 4.10. The van der Waals surface area contributed by atoms with E-state index in [0.29, 0.717) is 25.2 Å². The summed E-state index contributed by atoms with van der Waals surface area (Å²) < 4.78 is 0. The topological polar surface area (TPSA) is 62.3 Å². The zero-order valence-corrected chi connectivity index (χ0v) is 14.5. The molecule has 1 aromatic heterocycles. The van der Waals surface area contributed by atoms with Gasteiger partial charge in [0.1, 0.15) is 11.7 Å². The highest BCUT2D eigenvalue weighted by Crippen LogP contribution is 2.18. The Balaban J connectivity index is 1.79. The van der Waals surface area contributed by atoms with Crippen molar-refractivity contribution < 1.29 is 9.59 Å². The monoisotopic (exact) mass is 343 g/mol. The molecule has 1 aliphatic heterocycles. The first kappa shape index (κ1) is 16.6. The molecule has 5 nitrogen and oxygen atoms in total. The molecule has 6 heteroatoms. The van der Waals surface area contributed by atoms with Crippen molar-refractivity contribution in [2.45, 2.75) is 32.2 Å². The molecule has 1 aromatic carbocycles. The lowest BCUT2D eigenvalue weighted by Crippen LogP contribution is -2.58. The molecule has 1 saturated heterocycles. The predicted molar refractivity (Wildman–Crippen MR) is 94.1 cm³/mol. The summed E-state index contributed by atoms with van der Waals surface area (Å²) in [5, 5.41) is 5.64. The molecule has 1 N–H and O–H groups in total. The minimum absolute atomic E-state index is 0.0949. The lowest BCUT2D eigenvalue weighted by atomic mass is 10.0. The third kappa shape index (κ3) is 3.64. The van der Waals surface area contributed by atoms with Crippen molar-refractivity contribution in [3.63, 3.8) is 0 Å². The van der Waals surface area contributed by atoms with Crippen LogP contribution in [0, 0.1) is 0 Å². The summed E-state index contributed by atoms with van der Waals surface area (Å²) in [4.78, 5) is 31.3. The molecule has 0 radical (unpaired) electrons. The molecule has 0 spiro atoms. The summed E-state index contributed by atoms with van der Waals surface area (Å²) in [6.07, 6.45) is 2.40. The first-order valence-corrected chi connectivity index (χ1v) is 9.14. The number of aromatic nitrogens is 1. The number of piperazine rings is 1. The van der Waals surface area contributed by atoms with Crippen LogP contribution in [0.5, 0.6) is 0 Å². The molecule has 24 heavy (non-hydrogen) atoms. The summed E-state index contributed by atoms with van der Waals surface area (Å²) in [7, 11) is 0. The van der Waals surface area contributed by atoms with Crippen molar-refractivity contribution in [3.05, 3.63) is 52.0 Å². The summed E-state index contributed by atoms with van der Waals surface area (Å²) in [5.41, 5.74) is 1.50. The fourth-order valence-corrected chi connectivity index (χ4v) is 3.76. The SMILES string of the molecule is CCCc1nc(C(=O)N2CCNC(=O)[C@@H]2Cc2ccccc2)cs1. The number of nitrogens with one attached hydrogen (secondary N) is 1. The van der Waals surface area contributed by atoms with Gasteiger partial charge in [0.05, 0.1) is 5.01 Å². The van der Waals surface area contributed by atoms with Gasteiger partial charge in [0.25, 0.3) is 5.91 Å². The molecule has 2 heterocycles.